The van der Waals surface area contributed by atoms with Crippen molar-refractivity contribution in [1.29, 1.82) is 0 Å². The van der Waals surface area contributed by atoms with Crippen molar-refractivity contribution in [2.45, 2.75) is 46.0 Å². The zero-order chi connectivity index (χ0) is 9.47. The zero-order valence-corrected chi connectivity index (χ0v) is 10.4. The minimum absolute atomic E-state index is 0.532. The number of halogens is 1. The van der Waals surface area contributed by atoms with Crippen LogP contribution in [0, 0.1) is 23.2 Å². The summed E-state index contributed by atoms with van der Waals surface area (Å²) in [7, 11) is 0. The van der Waals surface area contributed by atoms with Gasteiger partial charge >= 0.3 is 0 Å². The Kier molecular flexibility index (Phi) is 2.75. The number of alkyl halides is 1. The van der Waals surface area contributed by atoms with Crippen molar-refractivity contribution in [3.63, 3.8) is 0 Å². The first-order valence-electron chi connectivity index (χ1n) is 5.69. The van der Waals surface area contributed by atoms with E-state index in [4.69, 9.17) is 0 Å². The molecular formula is C12H21Br. The molecule has 0 spiro atoms. The van der Waals surface area contributed by atoms with Crippen LogP contribution >= 0.6 is 15.9 Å². The molecule has 0 radical (unpaired) electrons. The minimum Gasteiger partial charge on any atom is -0.0922 e. The van der Waals surface area contributed by atoms with Crippen molar-refractivity contribution in [3.8, 4) is 0 Å². The topological polar surface area (TPSA) is 0 Å². The third kappa shape index (κ3) is 1.82. The second kappa shape index (κ2) is 3.56. The number of hydrogen-bond donors (Lipinski definition) is 0. The van der Waals surface area contributed by atoms with Crippen LogP contribution < -0.4 is 0 Å². The molecule has 0 aliphatic heterocycles. The van der Waals surface area contributed by atoms with Gasteiger partial charge in [0.15, 0.2) is 0 Å². The third-order valence-electron chi connectivity index (χ3n) is 4.40. The van der Waals surface area contributed by atoms with E-state index in [1.165, 1.54) is 37.4 Å². The van der Waals surface area contributed by atoms with Gasteiger partial charge in [0.1, 0.15) is 0 Å². The van der Waals surface area contributed by atoms with Crippen LogP contribution in [-0.2, 0) is 0 Å². The maximum absolute atomic E-state index is 3.68. The van der Waals surface area contributed by atoms with E-state index in [0.29, 0.717) is 5.41 Å². The Labute approximate surface area is 90.6 Å². The average molecular weight is 245 g/mol. The summed E-state index contributed by atoms with van der Waals surface area (Å²) in [6.07, 6.45) is 7.61. The van der Waals surface area contributed by atoms with Gasteiger partial charge in [-0.3, -0.25) is 0 Å². The lowest BCUT2D eigenvalue weighted by Gasteiger charge is -2.49. The van der Waals surface area contributed by atoms with Gasteiger partial charge in [-0.15, -0.1) is 0 Å². The van der Waals surface area contributed by atoms with Crippen LogP contribution in [0.5, 0.6) is 0 Å². The standard InChI is InChI=1S/C12H21Br/c1-12(2,8-13)11-7-9-3-5-10(11)6-4-9/h9-11H,3-8H2,1-2H3. The number of fused-ring (bicyclic) bond motifs is 3. The van der Waals surface area contributed by atoms with Crippen molar-refractivity contribution in [1.82, 2.24) is 0 Å². The van der Waals surface area contributed by atoms with Crippen LogP contribution in [0.1, 0.15) is 46.0 Å². The molecule has 1 atom stereocenters. The highest BCUT2D eigenvalue weighted by molar-refractivity contribution is 9.09. The van der Waals surface area contributed by atoms with Crippen LogP contribution in [0.2, 0.25) is 0 Å². The minimum atomic E-state index is 0.532. The summed E-state index contributed by atoms with van der Waals surface area (Å²) in [5.74, 6) is 3.13. The van der Waals surface area contributed by atoms with Crippen LogP contribution in [0.25, 0.3) is 0 Å². The Morgan fingerprint density at radius 1 is 1.15 bits per heavy atom. The molecule has 76 valence electrons. The van der Waals surface area contributed by atoms with E-state index in [-0.39, 0.29) is 0 Å². The third-order valence-corrected chi connectivity index (χ3v) is 5.84. The van der Waals surface area contributed by atoms with Crippen LogP contribution in [-0.4, -0.2) is 5.33 Å². The Morgan fingerprint density at radius 2 is 1.77 bits per heavy atom. The highest BCUT2D eigenvalue weighted by atomic mass is 79.9. The fourth-order valence-corrected chi connectivity index (χ4v) is 3.85. The maximum atomic E-state index is 3.68. The summed E-state index contributed by atoms with van der Waals surface area (Å²) >= 11 is 3.68. The predicted molar refractivity (Wildman–Crippen MR) is 61.1 cm³/mol. The maximum Gasteiger partial charge on any atom is 0.00854 e. The first-order valence-corrected chi connectivity index (χ1v) is 6.81. The molecule has 0 aromatic rings. The largest absolute Gasteiger partial charge is 0.0922 e. The average Bonchev–Trinajstić information content (AvgIpc) is 2.19. The van der Waals surface area contributed by atoms with Crippen molar-refractivity contribution in [2.24, 2.45) is 23.2 Å². The van der Waals surface area contributed by atoms with Gasteiger partial charge in [0.05, 0.1) is 0 Å². The van der Waals surface area contributed by atoms with E-state index < -0.39 is 0 Å². The van der Waals surface area contributed by atoms with Gasteiger partial charge in [0.2, 0.25) is 0 Å². The van der Waals surface area contributed by atoms with E-state index in [1.807, 2.05) is 0 Å². The first-order chi connectivity index (χ1) is 6.13. The molecule has 3 aliphatic rings. The molecule has 1 heteroatoms. The Balaban J connectivity index is 2.08. The predicted octanol–water partition coefficient (Wildman–Crippen LogP) is 4.23. The molecule has 1 unspecified atom stereocenters. The molecule has 3 saturated carbocycles. The molecule has 3 rings (SSSR count). The molecule has 0 amide bonds. The molecule has 3 fully saturated rings. The molecule has 2 bridgehead atoms. The van der Waals surface area contributed by atoms with E-state index in [0.717, 1.165) is 17.8 Å². The van der Waals surface area contributed by atoms with Crippen molar-refractivity contribution < 1.29 is 0 Å². The van der Waals surface area contributed by atoms with Gasteiger partial charge in [-0.2, -0.15) is 0 Å². The lowest BCUT2D eigenvalue weighted by Crippen LogP contribution is -2.40. The number of hydrogen-bond acceptors (Lipinski definition) is 0. The van der Waals surface area contributed by atoms with Crippen molar-refractivity contribution >= 4 is 15.9 Å². The molecule has 0 aromatic heterocycles. The van der Waals surface area contributed by atoms with E-state index in [9.17, 15) is 0 Å². The SMILES string of the molecule is CC(C)(CBr)C1CC2CCC1CC2. The van der Waals surface area contributed by atoms with Gasteiger partial charge in [0, 0.05) is 5.33 Å². The summed E-state index contributed by atoms with van der Waals surface area (Å²) in [6, 6.07) is 0. The summed E-state index contributed by atoms with van der Waals surface area (Å²) in [5, 5.41) is 1.17. The van der Waals surface area contributed by atoms with E-state index in [2.05, 4.69) is 29.8 Å². The summed E-state index contributed by atoms with van der Waals surface area (Å²) in [5.41, 5.74) is 0.532. The van der Waals surface area contributed by atoms with Crippen LogP contribution in [0.4, 0.5) is 0 Å². The molecule has 0 N–H and O–H groups in total. The molecule has 0 aromatic carbocycles. The normalized spacial score (nSPS) is 39.5. The highest BCUT2D eigenvalue weighted by Crippen LogP contribution is 2.51. The van der Waals surface area contributed by atoms with Gasteiger partial charge in [-0.05, 0) is 42.4 Å². The molecule has 0 nitrogen and oxygen atoms in total. The summed E-state index contributed by atoms with van der Waals surface area (Å²) in [6.45, 7) is 4.88. The van der Waals surface area contributed by atoms with Crippen molar-refractivity contribution in [2.75, 3.05) is 5.33 Å². The lowest BCUT2D eigenvalue weighted by molar-refractivity contribution is 0.0279. The summed E-state index contributed by atoms with van der Waals surface area (Å²) in [4.78, 5) is 0. The van der Waals surface area contributed by atoms with Gasteiger partial charge < -0.3 is 0 Å². The molecule has 3 aliphatic carbocycles. The number of rotatable bonds is 2. The molecule has 0 heterocycles. The van der Waals surface area contributed by atoms with Crippen LogP contribution in [0.3, 0.4) is 0 Å². The quantitative estimate of drug-likeness (QED) is 0.638. The zero-order valence-electron chi connectivity index (χ0n) is 8.85. The summed E-state index contributed by atoms with van der Waals surface area (Å²) < 4.78 is 0. The van der Waals surface area contributed by atoms with Gasteiger partial charge in [0.25, 0.3) is 0 Å². The van der Waals surface area contributed by atoms with Gasteiger partial charge in [-0.1, -0.05) is 42.6 Å². The van der Waals surface area contributed by atoms with Gasteiger partial charge in [-0.25, -0.2) is 0 Å². The molecule has 13 heavy (non-hydrogen) atoms. The monoisotopic (exact) mass is 244 g/mol. The van der Waals surface area contributed by atoms with E-state index in [1.54, 1.807) is 0 Å². The van der Waals surface area contributed by atoms with E-state index >= 15 is 0 Å². The lowest BCUT2D eigenvalue weighted by atomic mass is 9.57. The Hall–Kier alpha value is 0.480. The highest BCUT2D eigenvalue weighted by Gasteiger charge is 2.42. The molecular weight excluding hydrogens is 224 g/mol. The Morgan fingerprint density at radius 3 is 2.15 bits per heavy atom. The fourth-order valence-electron chi connectivity index (χ4n) is 3.43. The van der Waals surface area contributed by atoms with Crippen LogP contribution in [0.15, 0.2) is 0 Å². The van der Waals surface area contributed by atoms with Crippen molar-refractivity contribution in [3.05, 3.63) is 0 Å². The smallest absolute Gasteiger partial charge is 0.00854 e. The second-order valence-corrected chi connectivity index (χ2v) is 6.31. The molecule has 0 saturated heterocycles. The fraction of sp³-hybridized carbons (Fsp3) is 1.00. The second-order valence-electron chi connectivity index (χ2n) is 5.75. The Bertz CT molecular complexity index is 178. The first kappa shape index (κ1) is 10.0.